The Labute approximate surface area is 125 Å². The van der Waals surface area contributed by atoms with Crippen molar-refractivity contribution in [1.29, 1.82) is 0 Å². The predicted molar refractivity (Wildman–Crippen MR) is 80.0 cm³/mol. The fourth-order valence-corrected chi connectivity index (χ4v) is 2.27. The molecule has 1 atom stereocenters. The van der Waals surface area contributed by atoms with Gasteiger partial charge in [-0.2, -0.15) is 0 Å². The second kappa shape index (κ2) is 7.11. The van der Waals surface area contributed by atoms with Gasteiger partial charge in [-0.15, -0.1) is 0 Å². The van der Waals surface area contributed by atoms with Gasteiger partial charge in [0.15, 0.2) is 0 Å². The minimum Gasteiger partial charge on any atom is -0.442 e. The summed E-state index contributed by atoms with van der Waals surface area (Å²) in [6, 6.07) is 8.34. The third kappa shape index (κ3) is 4.48. The van der Waals surface area contributed by atoms with Gasteiger partial charge in [-0.05, 0) is 24.0 Å². The van der Waals surface area contributed by atoms with E-state index in [4.69, 9.17) is 4.74 Å². The monoisotopic (exact) mass is 290 g/mol. The Bertz CT molecular complexity index is 499. The van der Waals surface area contributed by atoms with Crippen LogP contribution in [0.3, 0.4) is 0 Å². The van der Waals surface area contributed by atoms with E-state index in [2.05, 4.69) is 36.5 Å². The van der Waals surface area contributed by atoms with Crippen LogP contribution in [-0.2, 0) is 22.4 Å². The van der Waals surface area contributed by atoms with E-state index >= 15 is 0 Å². The van der Waals surface area contributed by atoms with Crippen LogP contribution in [0, 0.1) is 0 Å². The largest absolute Gasteiger partial charge is 0.442 e. The molecular weight excluding hydrogens is 268 g/mol. The van der Waals surface area contributed by atoms with Gasteiger partial charge in [-0.25, -0.2) is 4.79 Å². The van der Waals surface area contributed by atoms with Gasteiger partial charge < -0.3 is 15.0 Å². The van der Waals surface area contributed by atoms with E-state index in [0.717, 1.165) is 18.4 Å². The standard InChI is InChI=1S/C16H22N2O3/c1-3-12-4-6-13(7-5-12)8-9-15(19)17-10-14-11-18(2)16(20)21-14/h4-7,14H,3,8-11H2,1-2H3,(H,17,19). The molecule has 1 saturated heterocycles. The summed E-state index contributed by atoms with van der Waals surface area (Å²) in [6.07, 6.45) is 1.62. The number of carbonyl (C=O) groups excluding carboxylic acids is 2. The second-order valence-corrected chi connectivity index (χ2v) is 5.36. The highest BCUT2D eigenvalue weighted by molar-refractivity contribution is 5.76. The molecule has 1 N–H and O–H groups in total. The first-order valence-corrected chi connectivity index (χ1v) is 7.34. The molecule has 1 aliphatic rings. The van der Waals surface area contributed by atoms with Crippen LogP contribution in [0.2, 0.25) is 0 Å². The van der Waals surface area contributed by atoms with Crippen LogP contribution in [-0.4, -0.2) is 43.1 Å². The van der Waals surface area contributed by atoms with Crippen LogP contribution >= 0.6 is 0 Å². The molecule has 1 aliphatic heterocycles. The lowest BCUT2D eigenvalue weighted by Gasteiger charge is -2.10. The van der Waals surface area contributed by atoms with Crippen LogP contribution in [0.15, 0.2) is 24.3 Å². The minimum atomic E-state index is -0.328. The number of ether oxygens (including phenoxy) is 1. The zero-order valence-electron chi connectivity index (χ0n) is 12.6. The Morgan fingerprint density at radius 1 is 1.33 bits per heavy atom. The number of cyclic esters (lactones) is 1. The SMILES string of the molecule is CCc1ccc(CCC(=O)NCC2CN(C)C(=O)O2)cc1. The third-order valence-electron chi connectivity index (χ3n) is 3.66. The van der Waals surface area contributed by atoms with Crippen LogP contribution in [0.4, 0.5) is 4.79 Å². The molecule has 1 heterocycles. The normalized spacial score (nSPS) is 17.7. The highest BCUT2D eigenvalue weighted by Gasteiger charge is 2.28. The Morgan fingerprint density at radius 3 is 2.57 bits per heavy atom. The van der Waals surface area contributed by atoms with E-state index in [9.17, 15) is 9.59 Å². The van der Waals surface area contributed by atoms with Crippen LogP contribution in [0.25, 0.3) is 0 Å². The van der Waals surface area contributed by atoms with Crippen molar-refractivity contribution >= 4 is 12.0 Å². The van der Waals surface area contributed by atoms with Gasteiger partial charge in [0.2, 0.25) is 5.91 Å². The number of benzene rings is 1. The number of nitrogens with zero attached hydrogens (tertiary/aromatic N) is 1. The molecule has 21 heavy (non-hydrogen) atoms. The third-order valence-corrected chi connectivity index (χ3v) is 3.66. The molecule has 1 fully saturated rings. The van der Waals surface area contributed by atoms with Crippen molar-refractivity contribution in [2.24, 2.45) is 0 Å². The summed E-state index contributed by atoms with van der Waals surface area (Å²) in [7, 11) is 1.68. The van der Waals surface area contributed by atoms with Gasteiger partial charge in [0.05, 0.1) is 13.1 Å². The van der Waals surface area contributed by atoms with E-state index in [1.165, 1.54) is 10.5 Å². The molecule has 2 amide bonds. The smallest absolute Gasteiger partial charge is 0.410 e. The fourth-order valence-electron chi connectivity index (χ4n) is 2.27. The van der Waals surface area contributed by atoms with E-state index in [1.54, 1.807) is 7.05 Å². The molecule has 1 aromatic carbocycles. The Hall–Kier alpha value is -2.04. The Morgan fingerprint density at radius 2 is 2.00 bits per heavy atom. The zero-order chi connectivity index (χ0) is 15.2. The summed E-state index contributed by atoms with van der Waals surface area (Å²) >= 11 is 0. The highest BCUT2D eigenvalue weighted by atomic mass is 16.6. The van der Waals surface area contributed by atoms with Gasteiger partial charge in [0.1, 0.15) is 6.10 Å². The van der Waals surface area contributed by atoms with Gasteiger partial charge in [-0.1, -0.05) is 31.2 Å². The van der Waals surface area contributed by atoms with Gasteiger partial charge in [-0.3, -0.25) is 4.79 Å². The molecule has 1 aromatic rings. The summed E-state index contributed by atoms with van der Waals surface area (Å²) in [5.74, 6) is -0.0137. The van der Waals surface area contributed by atoms with E-state index in [-0.39, 0.29) is 18.1 Å². The predicted octanol–water partition coefficient (Wildman–Crippen LogP) is 1.75. The van der Waals surface area contributed by atoms with Gasteiger partial charge in [0, 0.05) is 13.5 Å². The van der Waals surface area contributed by atoms with Crippen molar-refractivity contribution in [3.05, 3.63) is 35.4 Å². The molecule has 5 heteroatoms. The lowest BCUT2D eigenvalue weighted by molar-refractivity contribution is -0.121. The van der Waals surface area contributed by atoms with Gasteiger partial charge >= 0.3 is 6.09 Å². The molecular formula is C16H22N2O3. The molecule has 1 unspecified atom stereocenters. The Balaban J connectivity index is 1.68. The Kier molecular flexibility index (Phi) is 5.20. The van der Waals surface area contributed by atoms with Crippen LogP contribution < -0.4 is 5.32 Å². The van der Waals surface area contributed by atoms with Crippen LogP contribution in [0.5, 0.6) is 0 Å². The second-order valence-electron chi connectivity index (χ2n) is 5.36. The number of nitrogens with one attached hydrogen (secondary N) is 1. The quantitative estimate of drug-likeness (QED) is 0.868. The highest BCUT2D eigenvalue weighted by Crippen LogP contribution is 2.09. The van der Waals surface area contributed by atoms with Crippen molar-refractivity contribution < 1.29 is 14.3 Å². The summed E-state index contributed by atoms with van der Waals surface area (Å²) in [5, 5.41) is 2.82. The zero-order valence-corrected chi connectivity index (χ0v) is 12.6. The van der Waals surface area contributed by atoms with Crippen molar-refractivity contribution in [2.45, 2.75) is 32.3 Å². The number of hydrogen-bond acceptors (Lipinski definition) is 3. The molecule has 0 aliphatic carbocycles. The van der Waals surface area contributed by atoms with E-state index < -0.39 is 0 Å². The number of amides is 2. The number of hydrogen-bond donors (Lipinski definition) is 1. The maximum atomic E-state index is 11.8. The average molecular weight is 290 g/mol. The number of carbonyl (C=O) groups is 2. The number of likely N-dealkylation sites (N-methyl/N-ethyl adjacent to an activating group) is 1. The average Bonchev–Trinajstić information content (AvgIpc) is 2.82. The summed E-state index contributed by atoms with van der Waals surface area (Å²) in [6.45, 7) is 3.02. The first-order valence-electron chi connectivity index (χ1n) is 7.34. The molecule has 5 nitrogen and oxygen atoms in total. The molecule has 114 valence electrons. The topological polar surface area (TPSA) is 58.6 Å². The molecule has 0 bridgehead atoms. The maximum Gasteiger partial charge on any atom is 0.410 e. The lowest BCUT2D eigenvalue weighted by Crippen LogP contribution is -2.34. The van der Waals surface area contributed by atoms with Gasteiger partial charge in [0.25, 0.3) is 0 Å². The van der Waals surface area contributed by atoms with Crippen molar-refractivity contribution in [2.75, 3.05) is 20.1 Å². The molecule has 0 radical (unpaired) electrons. The molecule has 0 spiro atoms. The first kappa shape index (κ1) is 15.4. The van der Waals surface area contributed by atoms with Crippen molar-refractivity contribution in [3.63, 3.8) is 0 Å². The van der Waals surface area contributed by atoms with Crippen LogP contribution in [0.1, 0.15) is 24.5 Å². The van der Waals surface area contributed by atoms with E-state index in [0.29, 0.717) is 19.5 Å². The number of aryl methyl sites for hydroxylation is 2. The minimum absolute atomic E-state index is 0.0137. The molecule has 0 aromatic heterocycles. The van der Waals surface area contributed by atoms with Crippen molar-refractivity contribution in [3.8, 4) is 0 Å². The maximum absolute atomic E-state index is 11.8. The number of rotatable bonds is 6. The molecule has 0 saturated carbocycles. The fraction of sp³-hybridized carbons (Fsp3) is 0.500. The summed E-state index contributed by atoms with van der Waals surface area (Å²) in [5.41, 5.74) is 2.46. The lowest BCUT2D eigenvalue weighted by atomic mass is 10.1. The van der Waals surface area contributed by atoms with E-state index in [1.807, 2.05) is 0 Å². The summed E-state index contributed by atoms with van der Waals surface area (Å²) < 4.78 is 5.08. The summed E-state index contributed by atoms with van der Waals surface area (Å²) in [4.78, 5) is 24.5. The van der Waals surface area contributed by atoms with Crippen molar-refractivity contribution in [1.82, 2.24) is 10.2 Å². The first-order chi connectivity index (χ1) is 10.1. The molecule has 2 rings (SSSR count).